The van der Waals surface area contributed by atoms with Crippen molar-refractivity contribution in [3.05, 3.63) is 35.1 Å². The Morgan fingerprint density at radius 3 is 2.52 bits per heavy atom. The van der Waals surface area contributed by atoms with Gasteiger partial charge >= 0.3 is 0 Å². The smallest absolute Gasteiger partial charge is 0.191 e. The van der Waals surface area contributed by atoms with E-state index in [1.807, 2.05) is 12.3 Å². The summed E-state index contributed by atoms with van der Waals surface area (Å²) in [5.41, 5.74) is 2.12. The van der Waals surface area contributed by atoms with E-state index in [1.165, 1.54) is 51.8 Å². The summed E-state index contributed by atoms with van der Waals surface area (Å²) >= 11 is 1.70. The number of hydrogen-bond donors (Lipinski definition) is 2. The predicted octanol–water partition coefficient (Wildman–Crippen LogP) is 3.16. The van der Waals surface area contributed by atoms with Gasteiger partial charge in [-0.3, -0.25) is 0 Å². The Kier molecular flexibility index (Phi) is 11.4. The first-order valence-corrected chi connectivity index (χ1v) is 12.3. The molecule has 0 atom stereocenters. The minimum atomic E-state index is -0.178. The molecule has 0 radical (unpaired) electrons. The van der Waals surface area contributed by atoms with Gasteiger partial charge < -0.3 is 20.4 Å². The number of unbranched alkanes of at least 4 members (excludes halogenated alkanes) is 1. The molecule has 0 aromatic heterocycles. The van der Waals surface area contributed by atoms with Crippen molar-refractivity contribution in [1.29, 1.82) is 0 Å². The molecule has 1 aliphatic rings. The molecule has 0 unspecified atom stereocenters. The maximum absolute atomic E-state index is 13.5. The SMILES string of the molecule is CCNC(=NCc1ccc(F)cc1CSC)NCCCCN1CCN(CC)CC1. The van der Waals surface area contributed by atoms with Crippen LogP contribution in [0.2, 0.25) is 0 Å². The number of hydrogen-bond acceptors (Lipinski definition) is 4. The summed E-state index contributed by atoms with van der Waals surface area (Å²) in [6, 6.07) is 5.00. The number of guanidine groups is 1. The Bertz CT molecular complexity index is 617. The van der Waals surface area contributed by atoms with E-state index in [1.54, 1.807) is 17.8 Å². The lowest BCUT2D eigenvalue weighted by atomic mass is 10.1. The lowest BCUT2D eigenvalue weighted by Gasteiger charge is -2.34. The van der Waals surface area contributed by atoms with Gasteiger partial charge in [0.05, 0.1) is 6.54 Å². The third-order valence-corrected chi connectivity index (χ3v) is 5.93. The minimum Gasteiger partial charge on any atom is -0.357 e. The predicted molar refractivity (Wildman–Crippen MR) is 124 cm³/mol. The third-order valence-electron chi connectivity index (χ3n) is 5.33. The van der Waals surface area contributed by atoms with Crippen LogP contribution in [0.25, 0.3) is 0 Å². The van der Waals surface area contributed by atoms with Gasteiger partial charge in [-0.15, -0.1) is 0 Å². The lowest BCUT2D eigenvalue weighted by molar-refractivity contribution is 0.136. The Morgan fingerprint density at radius 1 is 1.07 bits per heavy atom. The fraction of sp³-hybridized carbons (Fsp3) is 0.682. The highest BCUT2D eigenvalue weighted by Crippen LogP contribution is 2.17. The molecule has 0 aliphatic carbocycles. The zero-order chi connectivity index (χ0) is 20.9. The second-order valence-corrected chi connectivity index (χ2v) is 8.32. The fourth-order valence-electron chi connectivity index (χ4n) is 3.54. The summed E-state index contributed by atoms with van der Waals surface area (Å²) in [6.45, 7) is 13.8. The number of rotatable bonds is 11. The molecule has 1 aromatic rings. The number of nitrogens with one attached hydrogen (secondary N) is 2. The molecular formula is C22H38FN5S. The molecule has 5 nitrogen and oxygen atoms in total. The van der Waals surface area contributed by atoms with E-state index in [-0.39, 0.29) is 5.82 Å². The van der Waals surface area contributed by atoms with Crippen LogP contribution in [-0.2, 0) is 12.3 Å². The number of aliphatic imine (C=N–C) groups is 1. The van der Waals surface area contributed by atoms with E-state index in [0.29, 0.717) is 6.54 Å². The summed E-state index contributed by atoms with van der Waals surface area (Å²) in [7, 11) is 0. The van der Waals surface area contributed by atoms with E-state index in [0.717, 1.165) is 42.3 Å². The van der Waals surface area contributed by atoms with Gasteiger partial charge in [0.15, 0.2) is 5.96 Å². The van der Waals surface area contributed by atoms with Crippen LogP contribution in [0.15, 0.2) is 23.2 Å². The number of likely N-dealkylation sites (N-methyl/N-ethyl adjacent to an activating group) is 1. The fourth-order valence-corrected chi connectivity index (χ4v) is 4.12. The molecule has 2 N–H and O–H groups in total. The van der Waals surface area contributed by atoms with Crippen LogP contribution in [0.3, 0.4) is 0 Å². The number of piperazine rings is 1. The zero-order valence-corrected chi connectivity index (χ0v) is 19.2. The normalized spacial score (nSPS) is 16.2. The van der Waals surface area contributed by atoms with Crippen LogP contribution in [0, 0.1) is 5.82 Å². The molecule has 29 heavy (non-hydrogen) atoms. The average molecular weight is 424 g/mol. The zero-order valence-electron chi connectivity index (χ0n) is 18.3. The van der Waals surface area contributed by atoms with Gasteiger partial charge in [-0.2, -0.15) is 11.8 Å². The van der Waals surface area contributed by atoms with Crippen LogP contribution in [0.5, 0.6) is 0 Å². The van der Waals surface area contributed by atoms with Crippen molar-refractivity contribution in [2.75, 3.05) is 58.6 Å². The summed E-state index contributed by atoms with van der Waals surface area (Å²) in [5, 5.41) is 6.75. The van der Waals surface area contributed by atoms with E-state index in [4.69, 9.17) is 4.99 Å². The largest absolute Gasteiger partial charge is 0.357 e. The summed E-state index contributed by atoms with van der Waals surface area (Å²) in [6.07, 6.45) is 4.37. The molecule has 0 saturated carbocycles. The highest BCUT2D eigenvalue weighted by atomic mass is 32.2. The van der Waals surface area contributed by atoms with Crippen LogP contribution in [0.4, 0.5) is 4.39 Å². The summed E-state index contributed by atoms with van der Waals surface area (Å²) in [5.74, 6) is 1.46. The molecule has 1 fully saturated rings. The van der Waals surface area contributed by atoms with E-state index in [2.05, 4.69) is 34.3 Å². The molecule has 0 spiro atoms. The van der Waals surface area contributed by atoms with E-state index < -0.39 is 0 Å². The van der Waals surface area contributed by atoms with E-state index in [9.17, 15) is 4.39 Å². The number of thioether (sulfide) groups is 1. The van der Waals surface area contributed by atoms with Crippen LogP contribution >= 0.6 is 11.8 Å². The molecular weight excluding hydrogens is 385 g/mol. The summed E-state index contributed by atoms with van der Waals surface area (Å²) < 4.78 is 13.5. The molecule has 2 rings (SSSR count). The Labute approximate surface area is 180 Å². The highest BCUT2D eigenvalue weighted by Gasteiger charge is 2.14. The van der Waals surface area contributed by atoms with Crippen LogP contribution < -0.4 is 10.6 Å². The first-order valence-electron chi connectivity index (χ1n) is 10.9. The van der Waals surface area contributed by atoms with Gasteiger partial charge in [0.25, 0.3) is 0 Å². The van der Waals surface area contributed by atoms with Crippen molar-refractivity contribution in [1.82, 2.24) is 20.4 Å². The maximum Gasteiger partial charge on any atom is 0.191 e. The van der Waals surface area contributed by atoms with Crippen LogP contribution in [0.1, 0.15) is 37.8 Å². The van der Waals surface area contributed by atoms with Gasteiger partial charge in [-0.25, -0.2) is 9.38 Å². The van der Waals surface area contributed by atoms with Crippen molar-refractivity contribution in [2.24, 2.45) is 4.99 Å². The van der Waals surface area contributed by atoms with Gasteiger partial charge in [-0.05, 0) is 62.4 Å². The maximum atomic E-state index is 13.5. The van der Waals surface area contributed by atoms with Crippen molar-refractivity contribution in [2.45, 2.75) is 39.0 Å². The lowest BCUT2D eigenvalue weighted by Crippen LogP contribution is -2.46. The second kappa shape index (κ2) is 13.8. The van der Waals surface area contributed by atoms with Crippen molar-refractivity contribution >= 4 is 17.7 Å². The van der Waals surface area contributed by atoms with Crippen LogP contribution in [-0.4, -0.2) is 74.4 Å². The standard InChI is InChI=1S/C22H38FN5S/c1-4-24-22(26-17-19-8-9-21(23)16-20(19)18-29-3)25-10-6-7-11-28-14-12-27(5-2)13-15-28/h8-9,16H,4-7,10-15,17-18H2,1-3H3,(H2,24,25,26). The van der Waals surface area contributed by atoms with Gasteiger partial charge in [0.1, 0.15) is 5.82 Å². The molecule has 0 bridgehead atoms. The first-order chi connectivity index (χ1) is 14.2. The van der Waals surface area contributed by atoms with Crippen molar-refractivity contribution in [3.8, 4) is 0 Å². The molecule has 0 amide bonds. The van der Waals surface area contributed by atoms with Crippen molar-refractivity contribution in [3.63, 3.8) is 0 Å². The molecule has 1 saturated heterocycles. The van der Waals surface area contributed by atoms with Gasteiger partial charge in [0.2, 0.25) is 0 Å². The average Bonchev–Trinajstić information content (AvgIpc) is 2.73. The van der Waals surface area contributed by atoms with Gasteiger partial charge in [0, 0.05) is 45.0 Å². The Morgan fingerprint density at radius 2 is 1.83 bits per heavy atom. The van der Waals surface area contributed by atoms with Gasteiger partial charge in [-0.1, -0.05) is 13.0 Å². The second-order valence-electron chi connectivity index (χ2n) is 7.45. The summed E-state index contributed by atoms with van der Waals surface area (Å²) in [4.78, 5) is 9.80. The number of nitrogens with zero attached hydrogens (tertiary/aromatic N) is 3. The Balaban J connectivity index is 1.74. The molecule has 7 heteroatoms. The molecule has 1 aromatic carbocycles. The van der Waals surface area contributed by atoms with E-state index >= 15 is 0 Å². The number of halogens is 1. The topological polar surface area (TPSA) is 42.9 Å². The third kappa shape index (κ3) is 8.93. The molecule has 1 aliphatic heterocycles. The Hall–Kier alpha value is -1.31. The first kappa shape index (κ1) is 24.0. The molecule has 1 heterocycles. The number of benzene rings is 1. The molecule has 164 valence electrons. The van der Waals surface area contributed by atoms with Crippen molar-refractivity contribution < 1.29 is 4.39 Å². The monoisotopic (exact) mass is 423 g/mol. The quantitative estimate of drug-likeness (QED) is 0.325. The highest BCUT2D eigenvalue weighted by molar-refractivity contribution is 7.97. The minimum absolute atomic E-state index is 0.178.